The number of aryl methyl sites for hydroxylation is 1. The highest BCUT2D eigenvalue weighted by atomic mass is 32.2. The van der Waals surface area contributed by atoms with Gasteiger partial charge in [-0.2, -0.15) is 0 Å². The van der Waals surface area contributed by atoms with E-state index in [1.165, 1.54) is 7.11 Å². The number of amides is 2. The van der Waals surface area contributed by atoms with Crippen LogP contribution in [-0.4, -0.2) is 42.3 Å². The maximum atomic E-state index is 12.5. The van der Waals surface area contributed by atoms with Crippen LogP contribution < -0.4 is 4.74 Å². The molecule has 1 heterocycles. The lowest BCUT2D eigenvalue weighted by Crippen LogP contribution is -2.34. The van der Waals surface area contributed by atoms with Gasteiger partial charge in [-0.1, -0.05) is 13.8 Å². The molecule has 0 aliphatic carbocycles. The molecule has 1 aromatic rings. The van der Waals surface area contributed by atoms with Crippen molar-refractivity contribution in [3.63, 3.8) is 0 Å². The summed E-state index contributed by atoms with van der Waals surface area (Å²) < 4.78 is 10.2. The topological polar surface area (TPSA) is 72.9 Å². The van der Waals surface area contributed by atoms with Crippen LogP contribution in [0.4, 0.5) is 4.79 Å². The molecule has 26 heavy (non-hydrogen) atoms. The maximum Gasteiger partial charge on any atom is 0.325 e. The smallest absolute Gasteiger partial charge is 0.325 e. The van der Waals surface area contributed by atoms with E-state index in [4.69, 9.17) is 4.74 Å². The standard InChI is InChI=1S/C19H23NO5S/c1-6-25-15-7-12(4)13(8-14(15)11(2)3)9-16-18(22)20(19(23)26-16)10-17(21)24-5/h7-9,11H,6,10H2,1-5H3/b16-9+. The Kier molecular flexibility index (Phi) is 6.47. The molecule has 0 aromatic heterocycles. The zero-order chi connectivity index (χ0) is 19.4. The van der Waals surface area contributed by atoms with E-state index in [0.29, 0.717) is 11.5 Å². The fourth-order valence-electron chi connectivity index (χ4n) is 2.57. The van der Waals surface area contributed by atoms with Gasteiger partial charge < -0.3 is 9.47 Å². The van der Waals surface area contributed by atoms with Crippen molar-refractivity contribution in [2.75, 3.05) is 20.3 Å². The summed E-state index contributed by atoms with van der Waals surface area (Å²) in [5, 5.41) is -0.473. The third kappa shape index (κ3) is 4.27. The summed E-state index contributed by atoms with van der Waals surface area (Å²) in [5.74, 6) is -0.0349. The van der Waals surface area contributed by atoms with Gasteiger partial charge in [0, 0.05) is 0 Å². The third-order valence-corrected chi connectivity index (χ3v) is 4.90. The van der Waals surface area contributed by atoms with Crippen molar-refractivity contribution in [2.24, 2.45) is 0 Å². The van der Waals surface area contributed by atoms with Gasteiger partial charge in [0.2, 0.25) is 0 Å². The second-order valence-corrected chi connectivity index (χ2v) is 7.17. The van der Waals surface area contributed by atoms with Crippen LogP contribution in [0.5, 0.6) is 5.75 Å². The van der Waals surface area contributed by atoms with Gasteiger partial charge in [0.05, 0.1) is 18.6 Å². The Labute approximate surface area is 157 Å². The monoisotopic (exact) mass is 377 g/mol. The molecule has 2 amide bonds. The minimum atomic E-state index is -0.632. The summed E-state index contributed by atoms with van der Waals surface area (Å²) in [6.07, 6.45) is 1.69. The fraction of sp³-hybridized carbons (Fsp3) is 0.421. The van der Waals surface area contributed by atoms with Crippen molar-refractivity contribution in [3.05, 3.63) is 33.7 Å². The van der Waals surface area contributed by atoms with Crippen LogP contribution >= 0.6 is 11.8 Å². The number of nitrogens with zero attached hydrogens (tertiary/aromatic N) is 1. The molecular formula is C19H23NO5S. The van der Waals surface area contributed by atoms with E-state index in [9.17, 15) is 14.4 Å². The first kappa shape index (κ1) is 20.0. The number of ether oxygens (including phenoxy) is 2. The number of hydrogen-bond acceptors (Lipinski definition) is 6. The van der Waals surface area contributed by atoms with Crippen LogP contribution in [-0.2, 0) is 14.3 Å². The minimum Gasteiger partial charge on any atom is -0.494 e. The molecule has 1 aromatic carbocycles. The molecule has 0 radical (unpaired) electrons. The molecule has 0 unspecified atom stereocenters. The zero-order valence-corrected chi connectivity index (χ0v) is 16.4. The van der Waals surface area contributed by atoms with Gasteiger partial charge in [-0.3, -0.25) is 19.3 Å². The molecule has 1 aliphatic rings. The van der Waals surface area contributed by atoms with E-state index in [2.05, 4.69) is 18.6 Å². The highest BCUT2D eigenvalue weighted by Gasteiger charge is 2.36. The van der Waals surface area contributed by atoms with Crippen LogP contribution in [0.15, 0.2) is 17.0 Å². The van der Waals surface area contributed by atoms with Crippen LogP contribution in [0.3, 0.4) is 0 Å². The van der Waals surface area contributed by atoms with Crippen LogP contribution in [0.2, 0.25) is 0 Å². The lowest BCUT2D eigenvalue weighted by molar-refractivity contribution is -0.143. The van der Waals surface area contributed by atoms with E-state index in [1.807, 2.05) is 26.0 Å². The quantitative estimate of drug-likeness (QED) is 0.556. The molecular weight excluding hydrogens is 354 g/mol. The Hall–Kier alpha value is -2.28. The van der Waals surface area contributed by atoms with Crippen molar-refractivity contribution in [2.45, 2.75) is 33.6 Å². The first-order chi connectivity index (χ1) is 12.3. The van der Waals surface area contributed by atoms with Crippen LogP contribution in [0.1, 0.15) is 43.4 Å². The number of carbonyl (C=O) groups excluding carboxylic acids is 3. The van der Waals surface area contributed by atoms with Crippen molar-refractivity contribution in [1.82, 2.24) is 4.90 Å². The molecule has 1 saturated heterocycles. The largest absolute Gasteiger partial charge is 0.494 e. The summed E-state index contributed by atoms with van der Waals surface area (Å²) in [6.45, 7) is 8.20. The first-order valence-corrected chi connectivity index (χ1v) is 9.19. The Morgan fingerprint density at radius 3 is 2.58 bits per heavy atom. The van der Waals surface area contributed by atoms with Gasteiger partial charge >= 0.3 is 5.97 Å². The lowest BCUT2D eigenvalue weighted by atomic mass is 9.96. The molecule has 0 bridgehead atoms. The fourth-order valence-corrected chi connectivity index (χ4v) is 3.40. The number of hydrogen-bond donors (Lipinski definition) is 0. The SMILES string of the molecule is CCOc1cc(C)c(/C=C2/SC(=O)N(CC(=O)OC)C2=O)cc1C(C)C. The normalized spacial score (nSPS) is 15.9. The molecule has 140 valence electrons. The molecule has 0 spiro atoms. The molecule has 6 nitrogen and oxygen atoms in total. The van der Waals surface area contributed by atoms with Gasteiger partial charge in [-0.25, -0.2) is 0 Å². The Bertz CT molecular complexity index is 769. The average molecular weight is 377 g/mol. The second kappa shape index (κ2) is 8.40. The number of imide groups is 1. The molecule has 2 rings (SSSR count). The van der Waals surface area contributed by atoms with E-state index < -0.39 is 17.1 Å². The van der Waals surface area contributed by atoms with Gasteiger partial charge in [-0.05, 0) is 66.4 Å². The Morgan fingerprint density at radius 2 is 2.00 bits per heavy atom. The predicted octanol–water partition coefficient (Wildman–Crippen LogP) is 3.73. The number of benzene rings is 1. The first-order valence-electron chi connectivity index (χ1n) is 8.38. The van der Waals surface area contributed by atoms with Crippen molar-refractivity contribution >= 4 is 35.0 Å². The highest BCUT2D eigenvalue weighted by Crippen LogP contribution is 2.35. The number of methoxy groups -OCH3 is 1. The third-order valence-electron chi connectivity index (χ3n) is 4.00. The summed E-state index contributed by atoms with van der Waals surface area (Å²) in [5.41, 5.74) is 2.83. The molecule has 0 N–H and O–H groups in total. The van der Waals surface area contributed by atoms with Crippen molar-refractivity contribution in [1.29, 1.82) is 0 Å². The van der Waals surface area contributed by atoms with Crippen LogP contribution in [0, 0.1) is 6.92 Å². The van der Waals surface area contributed by atoms with E-state index >= 15 is 0 Å². The van der Waals surface area contributed by atoms with Crippen molar-refractivity contribution < 1.29 is 23.9 Å². The minimum absolute atomic E-state index is 0.249. The molecule has 1 aliphatic heterocycles. The average Bonchev–Trinajstić information content (AvgIpc) is 2.84. The van der Waals surface area contributed by atoms with Gasteiger partial charge in [0.25, 0.3) is 11.1 Å². The highest BCUT2D eigenvalue weighted by molar-refractivity contribution is 8.18. The number of thioether (sulfide) groups is 1. The molecule has 0 atom stereocenters. The van der Waals surface area contributed by atoms with E-state index in [-0.39, 0.29) is 12.5 Å². The number of rotatable bonds is 6. The molecule has 7 heteroatoms. The number of esters is 1. The second-order valence-electron chi connectivity index (χ2n) is 6.18. The lowest BCUT2D eigenvalue weighted by Gasteiger charge is -2.16. The van der Waals surface area contributed by atoms with Crippen LogP contribution in [0.25, 0.3) is 6.08 Å². The maximum absolute atomic E-state index is 12.5. The Morgan fingerprint density at radius 1 is 1.31 bits per heavy atom. The summed E-state index contributed by atoms with van der Waals surface area (Å²) in [6, 6.07) is 3.93. The summed E-state index contributed by atoms with van der Waals surface area (Å²) >= 11 is 0.826. The van der Waals surface area contributed by atoms with Crippen molar-refractivity contribution in [3.8, 4) is 5.75 Å². The van der Waals surface area contributed by atoms with E-state index in [1.54, 1.807) is 6.08 Å². The Balaban J connectivity index is 2.37. The molecule has 0 saturated carbocycles. The predicted molar refractivity (Wildman–Crippen MR) is 101 cm³/mol. The van der Waals surface area contributed by atoms with E-state index in [0.717, 1.165) is 39.1 Å². The zero-order valence-electron chi connectivity index (χ0n) is 15.6. The van der Waals surface area contributed by atoms with Gasteiger partial charge in [0.15, 0.2) is 0 Å². The summed E-state index contributed by atoms with van der Waals surface area (Å²) in [7, 11) is 1.22. The molecule has 1 fully saturated rings. The number of carbonyl (C=O) groups is 3. The van der Waals surface area contributed by atoms with Gasteiger partial charge in [-0.15, -0.1) is 0 Å². The summed E-state index contributed by atoms with van der Waals surface area (Å²) in [4.78, 5) is 37.1. The van der Waals surface area contributed by atoms with Gasteiger partial charge in [0.1, 0.15) is 12.3 Å².